The second kappa shape index (κ2) is 13.6. The molecule has 5 aliphatic rings. The average molecular weight is 673 g/mol. The molecule has 2 aromatic rings. The van der Waals surface area contributed by atoms with Crippen LogP contribution in [0.3, 0.4) is 0 Å². The van der Waals surface area contributed by atoms with Gasteiger partial charge >= 0.3 is 6.09 Å². The highest BCUT2D eigenvalue weighted by Gasteiger charge is 2.50. The van der Waals surface area contributed by atoms with Crippen molar-refractivity contribution in [1.82, 2.24) is 24.9 Å². The maximum Gasteiger partial charge on any atom is 0.410 e. The molecule has 4 aliphatic heterocycles. The number of piperidine rings is 2. The van der Waals surface area contributed by atoms with Gasteiger partial charge in [-0.05, 0) is 77.5 Å². The van der Waals surface area contributed by atoms with Crippen LogP contribution in [0.4, 0.5) is 16.3 Å². The molecule has 3 N–H and O–H groups in total. The molecule has 5 heterocycles. The molecule has 0 radical (unpaired) electrons. The van der Waals surface area contributed by atoms with Gasteiger partial charge in [0.2, 0.25) is 5.54 Å². The minimum absolute atomic E-state index is 0.173. The molecule has 7 rings (SSSR count). The molecule has 1 saturated carbocycles. The van der Waals surface area contributed by atoms with Crippen LogP contribution in [-0.4, -0.2) is 123 Å². The molecule has 2 bridgehead atoms. The van der Waals surface area contributed by atoms with Crippen LogP contribution in [0.15, 0.2) is 30.3 Å². The van der Waals surface area contributed by atoms with Crippen molar-refractivity contribution in [3.63, 3.8) is 0 Å². The fourth-order valence-corrected chi connectivity index (χ4v) is 8.58. The van der Waals surface area contributed by atoms with E-state index in [1.54, 1.807) is 17.0 Å². The van der Waals surface area contributed by atoms with Crippen LogP contribution in [0, 0.1) is 6.57 Å². The van der Waals surface area contributed by atoms with Gasteiger partial charge in [-0.1, -0.05) is 12.1 Å². The SMILES string of the molecule is [C-]#[N+]C1(CN2C3CCC2CN(c2cc(-c4ccccc4O)nnc2N)C3)CCN(C2CC(OC3CCN(C(=O)OC(C)(C)C)CC3)C2)CC1. The lowest BCUT2D eigenvalue weighted by Gasteiger charge is -2.48. The lowest BCUT2D eigenvalue weighted by Crippen LogP contribution is -2.60. The maximum atomic E-state index is 12.4. The first-order chi connectivity index (χ1) is 23.5. The van der Waals surface area contributed by atoms with Gasteiger partial charge in [0.05, 0.1) is 30.1 Å². The first-order valence-electron chi connectivity index (χ1n) is 18.2. The third kappa shape index (κ3) is 7.30. The number of nitrogens with two attached hydrogens (primary N) is 1. The van der Waals surface area contributed by atoms with Crippen molar-refractivity contribution in [2.75, 3.05) is 56.4 Å². The zero-order valence-corrected chi connectivity index (χ0v) is 29.3. The summed E-state index contributed by atoms with van der Waals surface area (Å²) in [6.07, 6.45) is 8.18. The number of rotatable bonds is 7. The predicted molar refractivity (Wildman–Crippen MR) is 188 cm³/mol. The first-order valence-corrected chi connectivity index (χ1v) is 18.2. The van der Waals surface area contributed by atoms with Gasteiger partial charge in [-0.15, -0.1) is 10.2 Å². The van der Waals surface area contributed by atoms with Gasteiger partial charge in [0.1, 0.15) is 11.4 Å². The number of aromatic hydroxyl groups is 1. The van der Waals surface area contributed by atoms with Gasteiger partial charge in [0, 0.05) is 75.8 Å². The lowest BCUT2D eigenvalue weighted by atomic mass is 9.82. The number of phenolic OH excluding ortho intramolecular Hbond substituents is 1. The van der Waals surface area contributed by atoms with Crippen molar-refractivity contribution >= 4 is 17.6 Å². The van der Waals surface area contributed by atoms with Crippen LogP contribution in [-0.2, 0) is 9.47 Å². The van der Waals surface area contributed by atoms with E-state index in [-0.39, 0.29) is 23.5 Å². The van der Waals surface area contributed by atoms with Gasteiger partial charge in [-0.25, -0.2) is 11.4 Å². The summed E-state index contributed by atoms with van der Waals surface area (Å²) in [6.45, 7) is 19.8. The minimum Gasteiger partial charge on any atom is -0.507 e. The number of nitrogen functional groups attached to an aromatic ring is 1. The van der Waals surface area contributed by atoms with Crippen LogP contribution >= 0.6 is 0 Å². The van der Waals surface area contributed by atoms with E-state index in [4.69, 9.17) is 21.8 Å². The molecule has 2 unspecified atom stereocenters. The number of benzene rings is 1. The van der Waals surface area contributed by atoms with E-state index in [9.17, 15) is 9.90 Å². The quantitative estimate of drug-likeness (QED) is 0.397. The van der Waals surface area contributed by atoms with Crippen LogP contribution in [0.25, 0.3) is 16.1 Å². The highest BCUT2D eigenvalue weighted by molar-refractivity contribution is 5.74. The summed E-state index contributed by atoms with van der Waals surface area (Å²) >= 11 is 0. The number of anilines is 2. The molecule has 5 fully saturated rings. The number of carbonyl (C=O) groups excluding carboxylic acids is 1. The lowest BCUT2D eigenvalue weighted by molar-refractivity contribution is -0.106. The number of para-hydroxylation sites is 1. The number of fused-ring (bicyclic) bond motifs is 2. The Kier molecular flexibility index (Phi) is 9.37. The number of hydrogen-bond acceptors (Lipinski definition) is 10. The number of piperazine rings is 1. The number of ether oxygens (including phenoxy) is 2. The molecule has 1 aromatic carbocycles. The molecule has 12 heteroatoms. The third-order valence-electron chi connectivity index (χ3n) is 11.5. The Morgan fingerprint density at radius 2 is 1.67 bits per heavy atom. The van der Waals surface area contributed by atoms with Crippen molar-refractivity contribution in [3.8, 4) is 17.0 Å². The Morgan fingerprint density at radius 1 is 1.00 bits per heavy atom. The zero-order chi connectivity index (χ0) is 34.3. The molecule has 1 aromatic heterocycles. The standard InChI is InChI=1S/C37H52N8O4/c1-36(2,3)49-35(47)43-15-11-28(12-16-43)48-29-19-27(20-29)42-17-13-37(39-4,14-18-42)24-45-25-9-10-26(45)23-44(22-25)32-21-31(40-41-34(32)38)30-7-5-6-8-33(30)46/h5-8,21,25-29,46H,9-20,22-24H2,1-3H3,(H2,38,41). The van der Waals surface area contributed by atoms with Gasteiger partial charge < -0.3 is 35.0 Å². The maximum absolute atomic E-state index is 12.4. The van der Waals surface area contributed by atoms with Crippen molar-refractivity contribution in [2.24, 2.45) is 0 Å². The second-order valence-electron chi connectivity index (χ2n) is 15.9. The highest BCUT2D eigenvalue weighted by Crippen LogP contribution is 2.41. The van der Waals surface area contributed by atoms with Gasteiger partial charge in [-0.2, -0.15) is 0 Å². The first kappa shape index (κ1) is 33.8. The van der Waals surface area contributed by atoms with Crippen LogP contribution in [0.5, 0.6) is 5.75 Å². The predicted octanol–water partition coefficient (Wildman–Crippen LogP) is 4.79. The molecule has 12 nitrogen and oxygen atoms in total. The number of amides is 1. The van der Waals surface area contributed by atoms with Crippen LogP contribution in [0.2, 0.25) is 0 Å². The summed E-state index contributed by atoms with van der Waals surface area (Å²) in [5, 5.41) is 18.9. The van der Waals surface area contributed by atoms with Gasteiger partial charge in [0.25, 0.3) is 0 Å². The number of hydrogen-bond donors (Lipinski definition) is 2. The van der Waals surface area contributed by atoms with Crippen molar-refractivity contribution < 1.29 is 19.4 Å². The fourth-order valence-electron chi connectivity index (χ4n) is 8.58. The van der Waals surface area contributed by atoms with Crippen molar-refractivity contribution in [3.05, 3.63) is 41.7 Å². The smallest absolute Gasteiger partial charge is 0.410 e. The Bertz CT molecular complexity index is 1520. The summed E-state index contributed by atoms with van der Waals surface area (Å²) in [5.41, 5.74) is 7.67. The number of nitrogens with zero attached hydrogens (tertiary/aromatic N) is 7. The summed E-state index contributed by atoms with van der Waals surface area (Å²) in [7, 11) is 0. The van der Waals surface area contributed by atoms with E-state index in [1.807, 2.05) is 39.0 Å². The highest BCUT2D eigenvalue weighted by atomic mass is 16.6. The Labute approximate surface area is 290 Å². The fraction of sp³-hybridized carbons (Fsp3) is 0.676. The summed E-state index contributed by atoms with van der Waals surface area (Å²) in [6, 6.07) is 10.4. The molecule has 264 valence electrons. The Morgan fingerprint density at radius 3 is 2.31 bits per heavy atom. The van der Waals surface area contributed by atoms with Crippen molar-refractivity contribution in [1.29, 1.82) is 0 Å². The second-order valence-corrected chi connectivity index (χ2v) is 15.9. The molecule has 1 amide bonds. The number of aromatic nitrogens is 2. The van der Waals surface area contributed by atoms with E-state index < -0.39 is 5.60 Å². The number of phenols is 1. The molecule has 49 heavy (non-hydrogen) atoms. The van der Waals surface area contributed by atoms with E-state index in [0.717, 1.165) is 89.8 Å². The number of carbonyl (C=O) groups is 1. The molecule has 1 aliphatic carbocycles. The van der Waals surface area contributed by atoms with E-state index in [0.29, 0.717) is 54.4 Å². The van der Waals surface area contributed by atoms with Crippen molar-refractivity contribution in [2.45, 2.75) is 114 Å². The van der Waals surface area contributed by atoms with Gasteiger partial charge in [-0.3, -0.25) is 9.80 Å². The summed E-state index contributed by atoms with van der Waals surface area (Å²) in [5.74, 6) is 0.580. The topological polar surface area (TPSA) is 125 Å². The normalized spacial score (nSPS) is 27.8. The zero-order valence-electron chi connectivity index (χ0n) is 29.3. The molecular formula is C37H52N8O4. The number of likely N-dealkylation sites (tertiary alicyclic amines) is 2. The Balaban J connectivity index is 0.878. The molecule has 4 saturated heterocycles. The third-order valence-corrected chi connectivity index (χ3v) is 11.5. The largest absolute Gasteiger partial charge is 0.507 e. The Hall–Kier alpha value is -3.66. The van der Waals surface area contributed by atoms with Crippen LogP contribution < -0.4 is 10.6 Å². The summed E-state index contributed by atoms with van der Waals surface area (Å²) < 4.78 is 12.0. The van der Waals surface area contributed by atoms with E-state index in [2.05, 4.69) is 29.7 Å². The monoisotopic (exact) mass is 672 g/mol. The van der Waals surface area contributed by atoms with Gasteiger partial charge in [0.15, 0.2) is 5.82 Å². The van der Waals surface area contributed by atoms with Crippen LogP contribution in [0.1, 0.15) is 72.1 Å². The van der Waals surface area contributed by atoms with E-state index >= 15 is 0 Å². The molecule has 0 spiro atoms. The minimum atomic E-state index is -0.473. The summed E-state index contributed by atoms with van der Waals surface area (Å²) in [4.78, 5) is 26.1. The van der Waals surface area contributed by atoms with E-state index in [1.165, 1.54) is 0 Å². The average Bonchev–Trinajstić information content (AvgIpc) is 3.27. The molecular weight excluding hydrogens is 620 g/mol. The molecule has 2 atom stereocenters.